The molecule has 1 fully saturated rings. The minimum absolute atomic E-state index is 0.0917. The first-order chi connectivity index (χ1) is 11.2. The molecule has 0 spiro atoms. The molecule has 0 aliphatic carbocycles. The first-order valence-corrected chi connectivity index (χ1v) is 8.22. The third kappa shape index (κ3) is 4.40. The minimum Gasteiger partial charge on any atom is -0.508 e. The van der Waals surface area contributed by atoms with Crippen LogP contribution < -0.4 is 4.74 Å². The van der Waals surface area contributed by atoms with Crippen molar-refractivity contribution in [1.82, 2.24) is 9.80 Å². The molecule has 1 saturated heterocycles. The lowest BCUT2D eigenvalue weighted by Gasteiger charge is -2.38. The van der Waals surface area contributed by atoms with Gasteiger partial charge in [0.15, 0.2) is 6.10 Å². The van der Waals surface area contributed by atoms with Crippen molar-refractivity contribution in [2.24, 2.45) is 5.41 Å². The molecule has 1 atom stereocenters. The van der Waals surface area contributed by atoms with Crippen molar-refractivity contribution >= 4 is 11.8 Å². The molecule has 6 nitrogen and oxygen atoms in total. The summed E-state index contributed by atoms with van der Waals surface area (Å²) in [6.45, 7) is 9.55. The summed E-state index contributed by atoms with van der Waals surface area (Å²) in [4.78, 5) is 28.3. The Morgan fingerprint density at radius 2 is 1.54 bits per heavy atom. The van der Waals surface area contributed by atoms with Crippen molar-refractivity contribution in [2.75, 3.05) is 26.2 Å². The summed E-state index contributed by atoms with van der Waals surface area (Å²) >= 11 is 0. The SMILES string of the molecule is CC(Oc1ccc(O)cc1)C(=O)N1CCN(C(=O)C(C)(C)C)CC1. The molecule has 1 heterocycles. The highest BCUT2D eigenvalue weighted by Gasteiger charge is 2.32. The summed E-state index contributed by atoms with van der Waals surface area (Å²) in [5.41, 5.74) is -0.401. The second-order valence-electron chi connectivity index (χ2n) is 7.12. The molecule has 0 aromatic heterocycles. The van der Waals surface area contributed by atoms with E-state index in [1.807, 2.05) is 25.7 Å². The van der Waals surface area contributed by atoms with E-state index in [0.29, 0.717) is 31.9 Å². The average molecular weight is 334 g/mol. The van der Waals surface area contributed by atoms with E-state index in [9.17, 15) is 14.7 Å². The summed E-state index contributed by atoms with van der Waals surface area (Å²) < 4.78 is 5.63. The van der Waals surface area contributed by atoms with Gasteiger partial charge in [-0.25, -0.2) is 0 Å². The van der Waals surface area contributed by atoms with Gasteiger partial charge in [-0.3, -0.25) is 9.59 Å². The number of nitrogens with zero attached hydrogens (tertiary/aromatic N) is 2. The average Bonchev–Trinajstić information content (AvgIpc) is 2.55. The number of piperazine rings is 1. The molecule has 0 saturated carbocycles. The van der Waals surface area contributed by atoms with E-state index in [-0.39, 0.29) is 17.6 Å². The van der Waals surface area contributed by atoms with Crippen molar-refractivity contribution in [2.45, 2.75) is 33.8 Å². The Hall–Kier alpha value is -2.24. The van der Waals surface area contributed by atoms with E-state index >= 15 is 0 Å². The van der Waals surface area contributed by atoms with Crippen molar-refractivity contribution in [3.05, 3.63) is 24.3 Å². The van der Waals surface area contributed by atoms with Crippen molar-refractivity contribution in [1.29, 1.82) is 0 Å². The molecule has 1 unspecified atom stereocenters. The molecule has 2 amide bonds. The van der Waals surface area contributed by atoms with Gasteiger partial charge >= 0.3 is 0 Å². The molecule has 6 heteroatoms. The van der Waals surface area contributed by atoms with Crippen LogP contribution in [0.25, 0.3) is 0 Å². The second-order valence-corrected chi connectivity index (χ2v) is 7.12. The van der Waals surface area contributed by atoms with Crippen LogP contribution in [-0.2, 0) is 9.59 Å². The van der Waals surface area contributed by atoms with Crippen LogP contribution in [0.3, 0.4) is 0 Å². The number of hydrogen-bond acceptors (Lipinski definition) is 4. The lowest BCUT2D eigenvalue weighted by atomic mass is 9.94. The van der Waals surface area contributed by atoms with Gasteiger partial charge in [0.25, 0.3) is 5.91 Å². The smallest absolute Gasteiger partial charge is 0.263 e. The molecule has 132 valence electrons. The number of hydrogen-bond donors (Lipinski definition) is 1. The Morgan fingerprint density at radius 1 is 1.04 bits per heavy atom. The highest BCUT2D eigenvalue weighted by atomic mass is 16.5. The van der Waals surface area contributed by atoms with Crippen LogP contribution in [0.15, 0.2) is 24.3 Å². The fraction of sp³-hybridized carbons (Fsp3) is 0.556. The Morgan fingerprint density at radius 3 is 2.04 bits per heavy atom. The number of amides is 2. The summed E-state index contributed by atoms with van der Waals surface area (Å²) in [7, 11) is 0. The van der Waals surface area contributed by atoms with Gasteiger partial charge in [0.2, 0.25) is 5.91 Å². The van der Waals surface area contributed by atoms with Gasteiger partial charge in [-0.2, -0.15) is 0 Å². The van der Waals surface area contributed by atoms with Gasteiger partial charge in [-0.1, -0.05) is 20.8 Å². The molecule has 24 heavy (non-hydrogen) atoms. The fourth-order valence-corrected chi connectivity index (χ4v) is 2.64. The maximum absolute atomic E-state index is 12.5. The number of phenolic OH excluding ortho intramolecular Hbond substituents is 1. The lowest BCUT2D eigenvalue weighted by Crippen LogP contribution is -2.55. The van der Waals surface area contributed by atoms with Crippen LogP contribution in [0.4, 0.5) is 0 Å². The van der Waals surface area contributed by atoms with Crippen LogP contribution >= 0.6 is 0 Å². The first-order valence-electron chi connectivity index (χ1n) is 8.22. The molecular formula is C18H26N2O4. The minimum atomic E-state index is -0.612. The third-order valence-corrected chi connectivity index (χ3v) is 4.02. The highest BCUT2D eigenvalue weighted by Crippen LogP contribution is 2.20. The summed E-state index contributed by atoms with van der Waals surface area (Å²) in [6, 6.07) is 6.28. The van der Waals surface area contributed by atoms with Gasteiger partial charge in [0.05, 0.1) is 0 Å². The summed E-state index contributed by atoms with van der Waals surface area (Å²) in [5.74, 6) is 0.713. The fourth-order valence-electron chi connectivity index (χ4n) is 2.64. The van der Waals surface area contributed by atoms with Gasteiger partial charge in [0, 0.05) is 31.6 Å². The van der Waals surface area contributed by atoms with Crippen LogP contribution in [0, 0.1) is 5.41 Å². The van der Waals surface area contributed by atoms with Crippen molar-refractivity contribution in [3.8, 4) is 11.5 Å². The van der Waals surface area contributed by atoms with Gasteiger partial charge < -0.3 is 19.6 Å². The molecule has 1 aliphatic heterocycles. The number of carbonyl (C=O) groups is 2. The van der Waals surface area contributed by atoms with E-state index in [4.69, 9.17) is 4.74 Å². The van der Waals surface area contributed by atoms with E-state index < -0.39 is 11.5 Å². The molecule has 1 N–H and O–H groups in total. The molecule has 0 bridgehead atoms. The van der Waals surface area contributed by atoms with Crippen molar-refractivity contribution in [3.63, 3.8) is 0 Å². The zero-order valence-electron chi connectivity index (χ0n) is 14.8. The number of phenols is 1. The maximum Gasteiger partial charge on any atom is 0.263 e. The topological polar surface area (TPSA) is 70.1 Å². The zero-order valence-corrected chi connectivity index (χ0v) is 14.8. The van der Waals surface area contributed by atoms with Gasteiger partial charge in [-0.15, -0.1) is 0 Å². The Bertz CT molecular complexity index is 584. The number of benzene rings is 1. The predicted molar refractivity (Wildman–Crippen MR) is 90.8 cm³/mol. The number of ether oxygens (including phenoxy) is 1. The van der Waals surface area contributed by atoms with Crippen LogP contribution in [-0.4, -0.2) is 59.0 Å². The molecule has 0 radical (unpaired) electrons. The number of carbonyl (C=O) groups excluding carboxylic acids is 2. The monoisotopic (exact) mass is 334 g/mol. The van der Waals surface area contributed by atoms with E-state index in [1.165, 1.54) is 12.1 Å². The predicted octanol–water partition coefficient (Wildman–Crippen LogP) is 1.88. The number of rotatable bonds is 3. The molecule has 1 aliphatic rings. The lowest BCUT2D eigenvalue weighted by molar-refractivity contribution is -0.147. The largest absolute Gasteiger partial charge is 0.508 e. The first kappa shape index (κ1) is 18.1. The maximum atomic E-state index is 12.5. The quantitative estimate of drug-likeness (QED) is 0.916. The van der Waals surface area contributed by atoms with Gasteiger partial charge in [0.1, 0.15) is 11.5 Å². The Kier molecular flexibility index (Phi) is 5.36. The summed E-state index contributed by atoms with van der Waals surface area (Å²) in [5, 5.41) is 9.27. The molecule has 1 aromatic rings. The van der Waals surface area contributed by atoms with E-state index in [1.54, 1.807) is 24.0 Å². The van der Waals surface area contributed by atoms with Crippen molar-refractivity contribution < 1.29 is 19.4 Å². The highest BCUT2D eigenvalue weighted by molar-refractivity contribution is 5.83. The Balaban J connectivity index is 1.88. The van der Waals surface area contributed by atoms with Crippen LogP contribution in [0.1, 0.15) is 27.7 Å². The van der Waals surface area contributed by atoms with E-state index in [2.05, 4.69) is 0 Å². The van der Waals surface area contributed by atoms with E-state index in [0.717, 1.165) is 0 Å². The third-order valence-electron chi connectivity index (χ3n) is 4.02. The standard InChI is InChI=1S/C18H26N2O4/c1-13(24-15-7-5-14(21)6-8-15)16(22)19-9-11-20(12-10-19)17(23)18(2,3)4/h5-8,13,21H,9-12H2,1-4H3. The normalized spacial score (nSPS) is 16.7. The van der Waals surface area contributed by atoms with Crippen LogP contribution in [0.2, 0.25) is 0 Å². The van der Waals surface area contributed by atoms with Crippen LogP contribution in [0.5, 0.6) is 11.5 Å². The Labute approximate surface area is 143 Å². The summed E-state index contributed by atoms with van der Waals surface area (Å²) in [6.07, 6.45) is -0.612. The second kappa shape index (κ2) is 7.11. The molecule has 1 aromatic carbocycles. The molecular weight excluding hydrogens is 308 g/mol. The zero-order chi connectivity index (χ0) is 17.9. The number of aromatic hydroxyl groups is 1. The van der Waals surface area contributed by atoms with Gasteiger partial charge in [-0.05, 0) is 31.2 Å². The molecule has 2 rings (SSSR count).